The van der Waals surface area contributed by atoms with Gasteiger partial charge in [-0.25, -0.2) is 4.98 Å². The standard InChI is InChI=1S/C13H13F2N3O/c14-12(15)19-11-4-2-1-3-9(11)10-5-7-18-8-6-16-13(18)17-10/h1-4,6,8,10,12H,5,7H2,(H,16,17). The van der Waals surface area contributed by atoms with Gasteiger partial charge >= 0.3 is 6.61 Å². The highest BCUT2D eigenvalue weighted by Gasteiger charge is 2.23. The zero-order chi connectivity index (χ0) is 13.2. The molecule has 1 aromatic carbocycles. The topological polar surface area (TPSA) is 39.1 Å². The fourth-order valence-corrected chi connectivity index (χ4v) is 2.33. The van der Waals surface area contributed by atoms with Gasteiger partial charge in [-0.15, -0.1) is 0 Å². The molecule has 1 aliphatic heterocycles. The molecule has 2 aromatic rings. The van der Waals surface area contributed by atoms with Crippen molar-refractivity contribution in [1.29, 1.82) is 0 Å². The van der Waals surface area contributed by atoms with Crippen molar-refractivity contribution in [1.82, 2.24) is 9.55 Å². The molecule has 2 heterocycles. The number of anilines is 1. The van der Waals surface area contributed by atoms with Gasteiger partial charge in [0.15, 0.2) is 0 Å². The summed E-state index contributed by atoms with van der Waals surface area (Å²) in [7, 11) is 0. The Labute approximate surface area is 109 Å². The lowest BCUT2D eigenvalue weighted by molar-refractivity contribution is -0.0506. The van der Waals surface area contributed by atoms with E-state index in [4.69, 9.17) is 0 Å². The Balaban J connectivity index is 1.87. The van der Waals surface area contributed by atoms with Gasteiger partial charge in [-0.05, 0) is 12.5 Å². The third-order valence-corrected chi connectivity index (χ3v) is 3.19. The van der Waals surface area contributed by atoms with Gasteiger partial charge in [-0.3, -0.25) is 0 Å². The van der Waals surface area contributed by atoms with Crippen molar-refractivity contribution in [3.63, 3.8) is 0 Å². The number of fused-ring (bicyclic) bond motifs is 1. The minimum Gasteiger partial charge on any atom is -0.434 e. The number of rotatable bonds is 3. The number of hydrogen-bond acceptors (Lipinski definition) is 3. The number of imidazole rings is 1. The molecule has 0 saturated carbocycles. The van der Waals surface area contributed by atoms with Gasteiger partial charge in [0.2, 0.25) is 5.95 Å². The van der Waals surface area contributed by atoms with Crippen LogP contribution in [0.15, 0.2) is 36.7 Å². The molecule has 0 fully saturated rings. The van der Waals surface area contributed by atoms with E-state index in [-0.39, 0.29) is 11.8 Å². The van der Waals surface area contributed by atoms with Crippen molar-refractivity contribution in [2.45, 2.75) is 25.6 Å². The van der Waals surface area contributed by atoms with E-state index < -0.39 is 6.61 Å². The van der Waals surface area contributed by atoms with Crippen LogP contribution in [0, 0.1) is 0 Å². The Bertz CT molecular complexity index is 571. The molecule has 3 rings (SSSR count). The molecular weight excluding hydrogens is 252 g/mol. The summed E-state index contributed by atoms with van der Waals surface area (Å²) >= 11 is 0. The number of nitrogens with one attached hydrogen (secondary N) is 1. The van der Waals surface area contributed by atoms with Crippen molar-refractivity contribution < 1.29 is 13.5 Å². The maximum Gasteiger partial charge on any atom is 0.387 e. The van der Waals surface area contributed by atoms with Crippen LogP contribution in [-0.4, -0.2) is 16.2 Å². The Morgan fingerprint density at radius 3 is 3.05 bits per heavy atom. The fraction of sp³-hybridized carbons (Fsp3) is 0.308. The SMILES string of the molecule is FC(F)Oc1ccccc1C1CCn2ccnc2N1. The van der Waals surface area contributed by atoms with E-state index in [0.717, 1.165) is 24.5 Å². The molecule has 0 bridgehead atoms. The molecule has 1 unspecified atom stereocenters. The molecule has 1 atom stereocenters. The third kappa shape index (κ3) is 2.38. The molecule has 1 aliphatic rings. The Morgan fingerprint density at radius 1 is 1.37 bits per heavy atom. The molecule has 0 radical (unpaired) electrons. The second-order valence-corrected chi connectivity index (χ2v) is 4.35. The summed E-state index contributed by atoms with van der Waals surface area (Å²) in [6.45, 7) is -2.01. The van der Waals surface area contributed by atoms with E-state index in [2.05, 4.69) is 15.0 Å². The van der Waals surface area contributed by atoms with Crippen LogP contribution in [0.2, 0.25) is 0 Å². The average Bonchev–Trinajstić information content (AvgIpc) is 2.86. The van der Waals surface area contributed by atoms with Crippen LogP contribution >= 0.6 is 0 Å². The molecule has 0 spiro atoms. The lowest BCUT2D eigenvalue weighted by Gasteiger charge is -2.27. The lowest BCUT2D eigenvalue weighted by atomic mass is 10.0. The predicted molar refractivity (Wildman–Crippen MR) is 66.3 cm³/mol. The minimum absolute atomic E-state index is 0.0650. The summed E-state index contributed by atoms with van der Waals surface area (Å²) in [5.74, 6) is 0.970. The van der Waals surface area contributed by atoms with E-state index in [9.17, 15) is 8.78 Å². The van der Waals surface area contributed by atoms with Crippen LogP contribution in [0.1, 0.15) is 18.0 Å². The summed E-state index contributed by atoms with van der Waals surface area (Å²) in [4.78, 5) is 4.19. The molecule has 0 amide bonds. The second-order valence-electron chi connectivity index (χ2n) is 4.35. The van der Waals surface area contributed by atoms with Crippen LogP contribution in [-0.2, 0) is 6.54 Å². The Kier molecular flexibility index (Phi) is 3.06. The summed E-state index contributed by atoms with van der Waals surface area (Å²) in [6, 6.07) is 6.80. The average molecular weight is 265 g/mol. The van der Waals surface area contributed by atoms with Crippen molar-refractivity contribution >= 4 is 5.95 Å². The smallest absolute Gasteiger partial charge is 0.387 e. The first-order valence-corrected chi connectivity index (χ1v) is 6.05. The van der Waals surface area contributed by atoms with Crippen molar-refractivity contribution in [2.24, 2.45) is 0 Å². The summed E-state index contributed by atoms with van der Waals surface area (Å²) in [5, 5.41) is 3.23. The molecule has 100 valence electrons. The molecule has 4 nitrogen and oxygen atoms in total. The van der Waals surface area contributed by atoms with E-state index >= 15 is 0 Å². The summed E-state index contributed by atoms with van der Waals surface area (Å²) in [6.07, 6.45) is 4.40. The molecule has 0 saturated heterocycles. The Hall–Kier alpha value is -2.11. The zero-order valence-electron chi connectivity index (χ0n) is 10.1. The second kappa shape index (κ2) is 4.87. The van der Waals surface area contributed by atoms with E-state index in [0.29, 0.717) is 0 Å². The molecular formula is C13H13F2N3O. The number of hydrogen-bond donors (Lipinski definition) is 1. The Morgan fingerprint density at radius 2 is 2.21 bits per heavy atom. The van der Waals surface area contributed by atoms with Crippen molar-refractivity contribution in [3.05, 3.63) is 42.2 Å². The molecule has 19 heavy (non-hydrogen) atoms. The summed E-state index contributed by atoms with van der Waals surface area (Å²) in [5.41, 5.74) is 0.733. The van der Waals surface area contributed by atoms with Crippen LogP contribution in [0.3, 0.4) is 0 Å². The largest absolute Gasteiger partial charge is 0.434 e. The first-order chi connectivity index (χ1) is 9.24. The first kappa shape index (κ1) is 12.0. The molecule has 1 aromatic heterocycles. The maximum atomic E-state index is 12.4. The zero-order valence-corrected chi connectivity index (χ0v) is 10.1. The maximum absolute atomic E-state index is 12.4. The fourth-order valence-electron chi connectivity index (χ4n) is 2.33. The monoisotopic (exact) mass is 265 g/mol. The van der Waals surface area contributed by atoms with Gasteiger partial charge in [0, 0.05) is 24.5 Å². The first-order valence-electron chi connectivity index (χ1n) is 6.05. The predicted octanol–water partition coefficient (Wildman–Crippen LogP) is 3.04. The molecule has 6 heteroatoms. The molecule has 1 N–H and O–H groups in total. The number of halogens is 2. The quantitative estimate of drug-likeness (QED) is 0.927. The highest BCUT2D eigenvalue weighted by molar-refractivity contribution is 5.42. The van der Waals surface area contributed by atoms with Gasteiger partial charge in [0.05, 0.1) is 6.04 Å². The number of para-hydroxylation sites is 1. The highest BCUT2D eigenvalue weighted by Crippen LogP contribution is 2.33. The number of nitrogens with zero attached hydrogens (tertiary/aromatic N) is 2. The van der Waals surface area contributed by atoms with Crippen LogP contribution in [0.5, 0.6) is 5.75 Å². The van der Waals surface area contributed by atoms with Gasteiger partial charge in [-0.1, -0.05) is 18.2 Å². The number of alkyl halides is 2. The number of aryl methyl sites for hydroxylation is 1. The number of benzene rings is 1. The van der Waals surface area contributed by atoms with Gasteiger partial charge in [0.1, 0.15) is 5.75 Å². The minimum atomic E-state index is -2.81. The van der Waals surface area contributed by atoms with Gasteiger partial charge in [0.25, 0.3) is 0 Å². The van der Waals surface area contributed by atoms with Crippen LogP contribution in [0.25, 0.3) is 0 Å². The third-order valence-electron chi connectivity index (χ3n) is 3.19. The van der Waals surface area contributed by atoms with E-state index in [1.807, 2.05) is 16.8 Å². The van der Waals surface area contributed by atoms with Gasteiger partial charge < -0.3 is 14.6 Å². The normalized spacial score (nSPS) is 17.9. The van der Waals surface area contributed by atoms with E-state index in [1.165, 1.54) is 0 Å². The van der Waals surface area contributed by atoms with Crippen molar-refractivity contribution in [3.8, 4) is 5.75 Å². The van der Waals surface area contributed by atoms with Crippen molar-refractivity contribution in [2.75, 3.05) is 5.32 Å². The van der Waals surface area contributed by atoms with Gasteiger partial charge in [-0.2, -0.15) is 8.78 Å². The highest BCUT2D eigenvalue weighted by atomic mass is 19.3. The lowest BCUT2D eigenvalue weighted by Crippen LogP contribution is -2.22. The number of aromatic nitrogens is 2. The number of ether oxygens (including phenoxy) is 1. The summed E-state index contributed by atoms with van der Waals surface area (Å²) < 4.78 is 31.4. The molecule has 0 aliphatic carbocycles. The van der Waals surface area contributed by atoms with E-state index in [1.54, 1.807) is 24.4 Å². The van der Waals surface area contributed by atoms with Crippen LogP contribution in [0.4, 0.5) is 14.7 Å². The van der Waals surface area contributed by atoms with Crippen LogP contribution < -0.4 is 10.1 Å².